The molecule has 4 heteroatoms. The highest BCUT2D eigenvalue weighted by Crippen LogP contribution is 2.38. The molecule has 1 fully saturated rings. The number of phenolic OH excluding ortho intramolecular Hbond substituents is 1. The molecule has 106 valence electrons. The minimum absolute atomic E-state index is 0.0643. The summed E-state index contributed by atoms with van der Waals surface area (Å²) in [5.41, 5.74) is 1.33. The Labute approximate surface area is 114 Å². The van der Waals surface area contributed by atoms with E-state index in [4.69, 9.17) is 9.47 Å². The van der Waals surface area contributed by atoms with Gasteiger partial charge >= 0.3 is 0 Å². The van der Waals surface area contributed by atoms with Crippen LogP contribution in [0.5, 0.6) is 17.2 Å². The van der Waals surface area contributed by atoms with Gasteiger partial charge in [0.05, 0.1) is 14.2 Å². The summed E-state index contributed by atoms with van der Waals surface area (Å²) in [5, 5.41) is 9.91. The zero-order valence-corrected chi connectivity index (χ0v) is 12.2. The molecule has 1 aromatic carbocycles. The molecule has 0 atom stereocenters. The Morgan fingerprint density at radius 1 is 1.21 bits per heavy atom. The van der Waals surface area contributed by atoms with Crippen LogP contribution < -0.4 is 9.47 Å². The molecule has 0 spiro atoms. The van der Waals surface area contributed by atoms with E-state index >= 15 is 0 Å². The third kappa shape index (κ3) is 2.78. The maximum absolute atomic E-state index is 9.91. The van der Waals surface area contributed by atoms with Gasteiger partial charge < -0.3 is 14.6 Å². The Hall–Kier alpha value is -1.42. The molecule has 19 heavy (non-hydrogen) atoms. The number of nitrogens with zero attached hydrogens (tertiary/aromatic N) is 1. The molecule has 1 aliphatic heterocycles. The van der Waals surface area contributed by atoms with E-state index < -0.39 is 0 Å². The Morgan fingerprint density at radius 2 is 1.79 bits per heavy atom. The van der Waals surface area contributed by atoms with Gasteiger partial charge in [-0.05, 0) is 50.9 Å². The van der Waals surface area contributed by atoms with Crippen molar-refractivity contribution >= 4 is 0 Å². The van der Waals surface area contributed by atoms with Crippen LogP contribution in [0, 0.1) is 0 Å². The van der Waals surface area contributed by atoms with Crippen molar-refractivity contribution in [1.82, 2.24) is 4.90 Å². The lowest BCUT2D eigenvalue weighted by Crippen LogP contribution is -2.37. The number of phenols is 1. The van der Waals surface area contributed by atoms with Crippen molar-refractivity contribution < 1.29 is 14.6 Å². The van der Waals surface area contributed by atoms with E-state index in [1.54, 1.807) is 14.2 Å². The van der Waals surface area contributed by atoms with Gasteiger partial charge in [0.25, 0.3) is 0 Å². The van der Waals surface area contributed by atoms with Crippen molar-refractivity contribution in [2.45, 2.75) is 38.8 Å². The Bertz CT molecular complexity index is 432. The summed E-state index contributed by atoms with van der Waals surface area (Å²) in [7, 11) is 3.11. The van der Waals surface area contributed by atoms with Crippen LogP contribution in [0.3, 0.4) is 0 Å². The minimum Gasteiger partial charge on any atom is -0.502 e. The summed E-state index contributed by atoms with van der Waals surface area (Å²) in [6.07, 6.45) is 2.46. The molecule has 1 heterocycles. The number of methoxy groups -OCH3 is 2. The SMILES string of the molecule is COc1cc(CN2CCCC2(C)C)cc(OC)c1O. The van der Waals surface area contributed by atoms with Gasteiger partial charge in [-0.1, -0.05) is 0 Å². The fourth-order valence-electron chi connectivity index (χ4n) is 2.72. The monoisotopic (exact) mass is 265 g/mol. The van der Waals surface area contributed by atoms with E-state index in [1.165, 1.54) is 12.8 Å². The van der Waals surface area contributed by atoms with Gasteiger partial charge in [0, 0.05) is 12.1 Å². The molecule has 0 unspecified atom stereocenters. The highest BCUT2D eigenvalue weighted by Gasteiger charge is 2.31. The van der Waals surface area contributed by atoms with Crippen LogP contribution in [0.2, 0.25) is 0 Å². The summed E-state index contributed by atoms with van der Waals surface area (Å²) in [5.74, 6) is 0.993. The molecule has 1 saturated heterocycles. The molecule has 0 aliphatic carbocycles. The van der Waals surface area contributed by atoms with Crippen molar-refractivity contribution in [3.63, 3.8) is 0 Å². The fraction of sp³-hybridized carbons (Fsp3) is 0.600. The van der Waals surface area contributed by atoms with Gasteiger partial charge in [0.1, 0.15) is 0 Å². The van der Waals surface area contributed by atoms with Crippen LogP contribution in [0.1, 0.15) is 32.3 Å². The fourth-order valence-corrected chi connectivity index (χ4v) is 2.72. The summed E-state index contributed by atoms with van der Waals surface area (Å²) in [6, 6.07) is 3.76. The summed E-state index contributed by atoms with van der Waals surface area (Å²) >= 11 is 0. The normalized spacial score (nSPS) is 18.5. The molecule has 0 bridgehead atoms. The lowest BCUT2D eigenvalue weighted by molar-refractivity contribution is 0.166. The zero-order valence-electron chi connectivity index (χ0n) is 12.2. The predicted octanol–water partition coefficient (Wildman–Crippen LogP) is 2.78. The average Bonchev–Trinajstić information content (AvgIpc) is 2.70. The number of hydrogen-bond donors (Lipinski definition) is 1. The van der Waals surface area contributed by atoms with Crippen molar-refractivity contribution in [1.29, 1.82) is 0 Å². The maximum atomic E-state index is 9.91. The van der Waals surface area contributed by atoms with Crippen LogP contribution in [0.4, 0.5) is 0 Å². The number of benzene rings is 1. The number of ether oxygens (including phenoxy) is 2. The highest BCUT2D eigenvalue weighted by atomic mass is 16.5. The first-order chi connectivity index (χ1) is 8.97. The van der Waals surface area contributed by atoms with Gasteiger partial charge in [0.2, 0.25) is 5.75 Å². The van der Waals surface area contributed by atoms with Gasteiger partial charge in [-0.2, -0.15) is 0 Å². The summed E-state index contributed by atoms with van der Waals surface area (Å²) < 4.78 is 10.4. The first-order valence-electron chi connectivity index (χ1n) is 6.67. The largest absolute Gasteiger partial charge is 0.502 e. The molecule has 0 amide bonds. The third-order valence-corrected chi connectivity index (χ3v) is 3.99. The molecular weight excluding hydrogens is 242 g/mol. The number of likely N-dealkylation sites (tertiary alicyclic amines) is 1. The van der Waals surface area contributed by atoms with Gasteiger partial charge in [-0.3, -0.25) is 4.90 Å². The molecule has 0 saturated carbocycles. The molecule has 0 aromatic heterocycles. The van der Waals surface area contributed by atoms with Crippen molar-refractivity contribution in [2.75, 3.05) is 20.8 Å². The van der Waals surface area contributed by atoms with Crippen molar-refractivity contribution in [3.05, 3.63) is 17.7 Å². The van der Waals surface area contributed by atoms with E-state index in [1.807, 2.05) is 12.1 Å². The summed E-state index contributed by atoms with van der Waals surface area (Å²) in [6.45, 7) is 6.50. The van der Waals surface area contributed by atoms with Crippen LogP contribution in [-0.2, 0) is 6.54 Å². The van der Waals surface area contributed by atoms with E-state index in [2.05, 4.69) is 18.7 Å². The minimum atomic E-state index is 0.0643. The molecule has 0 radical (unpaired) electrons. The average molecular weight is 265 g/mol. The second kappa shape index (κ2) is 5.29. The van der Waals surface area contributed by atoms with Crippen LogP contribution in [-0.4, -0.2) is 36.3 Å². The van der Waals surface area contributed by atoms with Crippen molar-refractivity contribution in [2.24, 2.45) is 0 Å². The maximum Gasteiger partial charge on any atom is 0.200 e. The highest BCUT2D eigenvalue weighted by molar-refractivity contribution is 5.52. The van der Waals surface area contributed by atoms with E-state index in [9.17, 15) is 5.11 Å². The Morgan fingerprint density at radius 3 is 2.21 bits per heavy atom. The van der Waals surface area contributed by atoms with Gasteiger partial charge in [0.15, 0.2) is 11.5 Å². The first-order valence-corrected chi connectivity index (χ1v) is 6.67. The second-order valence-electron chi connectivity index (χ2n) is 5.69. The number of aromatic hydroxyl groups is 1. The predicted molar refractivity (Wildman–Crippen MR) is 74.9 cm³/mol. The van der Waals surface area contributed by atoms with Crippen LogP contribution in [0.15, 0.2) is 12.1 Å². The lowest BCUT2D eigenvalue weighted by atomic mass is 10.0. The standard InChI is InChI=1S/C15H23NO3/c1-15(2)6-5-7-16(15)10-11-8-12(18-3)14(17)13(9-11)19-4/h8-9,17H,5-7,10H2,1-4H3. The van der Waals surface area contributed by atoms with E-state index in [-0.39, 0.29) is 11.3 Å². The Balaban J connectivity index is 2.25. The quantitative estimate of drug-likeness (QED) is 0.909. The van der Waals surface area contributed by atoms with Gasteiger partial charge in [-0.25, -0.2) is 0 Å². The van der Waals surface area contributed by atoms with E-state index in [0.29, 0.717) is 11.5 Å². The third-order valence-electron chi connectivity index (χ3n) is 3.99. The number of rotatable bonds is 4. The Kier molecular flexibility index (Phi) is 3.90. The molecule has 4 nitrogen and oxygen atoms in total. The van der Waals surface area contributed by atoms with Crippen molar-refractivity contribution in [3.8, 4) is 17.2 Å². The summed E-state index contributed by atoms with van der Waals surface area (Å²) in [4.78, 5) is 2.46. The zero-order chi connectivity index (χ0) is 14.0. The topological polar surface area (TPSA) is 41.9 Å². The molecule has 1 N–H and O–H groups in total. The molecule has 2 rings (SSSR count). The van der Waals surface area contributed by atoms with E-state index in [0.717, 1.165) is 18.7 Å². The van der Waals surface area contributed by atoms with Gasteiger partial charge in [-0.15, -0.1) is 0 Å². The molecule has 1 aliphatic rings. The molecule has 1 aromatic rings. The van der Waals surface area contributed by atoms with Crippen LogP contribution >= 0.6 is 0 Å². The second-order valence-corrected chi connectivity index (χ2v) is 5.69. The first kappa shape index (κ1) is 14.0. The molecular formula is C15H23NO3. The number of hydrogen-bond acceptors (Lipinski definition) is 4. The lowest BCUT2D eigenvalue weighted by Gasteiger charge is -2.31. The van der Waals surface area contributed by atoms with Crippen LogP contribution in [0.25, 0.3) is 0 Å². The smallest absolute Gasteiger partial charge is 0.200 e.